The molecule has 0 aliphatic rings. The number of anilines is 1. The van der Waals surface area contributed by atoms with Crippen LogP contribution in [0.25, 0.3) is 11.4 Å². The highest BCUT2D eigenvalue weighted by Gasteiger charge is 2.19. The van der Waals surface area contributed by atoms with Crippen molar-refractivity contribution in [1.82, 2.24) is 15.2 Å². The number of ether oxygens (including phenoxy) is 1. The number of hydrogen-bond donors (Lipinski definition) is 2. The fourth-order valence-corrected chi connectivity index (χ4v) is 3.46. The van der Waals surface area contributed by atoms with Crippen molar-refractivity contribution in [3.05, 3.63) is 54.1 Å². The third kappa shape index (κ3) is 4.72. The van der Waals surface area contributed by atoms with Gasteiger partial charge in [0.15, 0.2) is 5.82 Å². The number of aromatic amines is 1. The number of thioether (sulfide) groups is 1. The van der Waals surface area contributed by atoms with E-state index in [-0.39, 0.29) is 11.2 Å². The Hall–Kier alpha value is -2.80. The van der Waals surface area contributed by atoms with E-state index < -0.39 is 0 Å². The van der Waals surface area contributed by atoms with Crippen LogP contribution in [-0.4, -0.2) is 33.4 Å². The van der Waals surface area contributed by atoms with Gasteiger partial charge in [-0.2, -0.15) is 0 Å². The average Bonchev–Trinajstić information content (AvgIpc) is 3.16. The second kappa shape index (κ2) is 8.93. The van der Waals surface area contributed by atoms with Gasteiger partial charge in [0.25, 0.3) is 0 Å². The van der Waals surface area contributed by atoms with Crippen LogP contribution in [0.1, 0.15) is 32.3 Å². The van der Waals surface area contributed by atoms with E-state index in [2.05, 4.69) is 34.3 Å². The van der Waals surface area contributed by atoms with E-state index in [9.17, 15) is 4.79 Å². The molecule has 7 heteroatoms. The van der Waals surface area contributed by atoms with Crippen molar-refractivity contribution >= 4 is 23.4 Å². The molecule has 1 heterocycles. The van der Waals surface area contributed by atoms with Gasteiger partial charge in [-0.15, -0.1) is 5.10 Å². The van der Waals surface area contributed by atoms with Gasteiger partial charge in [0.2, 0.25) is 11.1 Å². The molecule has 3 rings (SSSR count). The van der Waals surface area contributed by atoms with Crippen LogP contribution in [0.2, 0.25) is 0 Å². The molecule has 28 heavy (non-hydrogen) atoms. The maximum atomic E-state index is 12.6. The summed E-state index contributed by atoms with van der Waals surface area (Å²) in [6, 6.07) is 15.4. The minimum absolute atomic E-state index is 0.0751. The molecule has 3 aromatic rings. The molecule has 0 aliphatic heterocycles. The van der Waals surface area contributed by atoms with Gasteiger partial charge in [0, 0.05) is 11.3 Å². The lowest BCUT2D eigenvalue weighted by atomic mass is 10.0. The fourth-order valence-electron chi connectivity index (χ4n) is 2.74. The zero-order chi connectivity index (χ0) is 20.1. The predicted octanol–water partition coefficient (Wildman–Crippen LogP) is 4.72. The summed E-state index contributed by atoms with van der Waals surface area (Å²) in [5.74, 6) is 1.70. The highest BCUT2D eigenvalue weighted by molar-refractivity contribution is 8.00. The largest absolute Gasteiger partial charge is 0.497 e. The average molecular weight is 397 g/mol. The summed E-state index contributed by atoms with van der Waals surface area (Å²) in [6.45, 7) is 6.07. The SMILES string of the molecule is COc1ccc(-c2nc(SC(C)C(=O)Nc3ccccc3C(C)C)n[nH]2)cc1. The first kappa shape index (κ1) is 19.9. The van der Waals surface area contributed by atoms with Crippen molar-refractivity contribution in [2.45, 2.75) is 37.1 Å². The maximum absolute atomic E-state index is 12.6. The van der Waals surface area contributed by atoms with Gasteiger partial charge in [-0.25, -0.2) is 4.98 Å². The molecule has 0 bridgehead atoms. The van der Waals surface area contributed by atoms with Gasteiger partial charge in [0.05, 0.1) is 12.4 Å². The molecule has 1 unspecified atom stereocenters. The van der Waals surface area contributed by atoms with E-state index in [0.29, 0.717) is 16.9 Å². The third-order valence-corrected chi connectivity index (χ3v) is 5.28. The highest BCUT2D eigenvalue weighted by atomic mass is 32.2. The minimum Gasteiger partial charge on any atom is -0.497 e. The number of amides is 1. The summed E-state index contributed by atoms with van der Waals surface area (Å²) in [4.78, 5) is 17.1. The van der Waals surface area contributed by atoms with Crippen molar-refractivity contribution in [3.8, 4) is 17.1 Å². The molecule has 1 amide bonds. The Labute approximate surface area is 169 Å². The molecule has 0 saturated heterocycles. The zero-order valence-electron chi connectivity index (χ0n) is 16.4. The lowest BCUT2D eigenvalue weighted by molar-refractivity contribution is -0.115. The Balaban J connectivity index is 1.65. The molecule has 6 nitrogen and oxygen atoms in total. The first-order valence-electron chi connectivity index (χ1n) is 9.11. The minimum atomic E-state index is -0.334. The van der Waals surface area contributed by atoms with Crippen molar-refractivity contribution in [2.24, 2.45) is 0 Å². The Kier molecular flexibility index (Phi) is 6.36. The lowest BCUT2D eigenvalue weighted by Crippen LogP contribution is -2.23. The number of nitrogens with one attached hydrogen (secondary N) is 2. The molecule has 0 saturated carbocycles. The Morgan fingerprint density at radius 2 is 1.82 bits per heavy atom. The topological polar surface area (TPSA) is 79.9 Å². The number of benzene rings is 2. The number of rotatable bonds is 7. The quantitative estimate of drug-likeness (QED) is 0.565. The van der Waals surface area contributed by atoms with E-state index in [1.165, 1.54) is 11.8 Å². The van der Waals surface area contributed by atoms with E-state index in [1.807, 2.05) is 55.5 Å². The van der Waals surface area contributed by atoms with E-state index in [1.54, 1.807) is 7.11 Å². The first-order chi connectivity index (χ1) is 13.5. The molecule has 0 spiro atoms. The smallest absolute Gasteiger partial charge is 0.237 e. The van der Waals surface area contributed by atoms with Gasteiger partial charge >= 0.3 is 0 Å². The molecule has 1 atom stereocenters. The lowest BCUT2D eigenvalue weighted by Gasteiger charge is -2.15. The standard InChI is InChI=1S/C21H24N4O2S/c1-13(2)17-7-5-6-8-18(17)22-20(26)14(3)28-21-23-19(24-25-21)15-9-11-16(27-4)12-10-15/h5-14H,1-4H3,(H,22,26)(H,23,24,25). The van der Waals surface area contributed by atoms with Gasteiger partial charge in [-0.1, -0.05) is 43.8 Å². The van der Waals surface area contributed by atoms with Gasteiger partial charge < -0.3 is 10.1 Å². The summed E-state index contributed by atoms with van der Waals surface area (Å²) in [7, 11) is 1.63. The molecule has 2 N–H and O–H groups in total. The van der Waals surface area contributed by atoms with Crippen LogP contribution in [0.4, 0.5) is 5.69 Å². The summed E-state index contributed by atoms with van der Waals surface area (Å²) in [5, 5.41) is 10.4. The summed E-state index contributed by atoms with van der Waals surface area (Å²) < 4.78 is 5.17. The van der Waals surface area contributed by atoms with Crippen LogP contribution in [0, 0.1) is 0 Å². The Bertz CT molecular complexity index is 938. The second-order valence-electron chi connectivity index (χ2n) is 6.69. The van der Waals surface area contributed by atoms with Gasteiger partial charge in [-0.05, 0) is 48.7 Å². The molecular weight excluding hydrogens is 372 g/mol. The van der Waals surface area contributed by atoms with E-state index in [4.69, 9.17) is 4.74 Å². The summed E-state index contributed by atoms with van der Waals surface area (Å²) in [5.41, 5.74) is 2.87. The number of hydrogen-bond acceptors (Lipinski definition) is 5. The number of carbonyl (C=O) groups is 1. The summed E-state index contributed by atoms with van der Waals surface area (Å²) >= 11 is 1.32. The third-order valence-electron chi connectivity index (χ3n) is 4.32. The van der Waals surface area contributed by atoms with Crippen molar-refractivity contribution in [1.29, 1.82) is 0 Å². The molecule has 2 aromatic carbocycles. The van der Waals surface area contributed by atoms with Crippen LogP contribution in [-0.2, 0) is 4.79 Å². The zero-order valence-corrected chi connectivity index (χ0v) is 17.2. The number of para-hydroxylation sites is 1. The number of methoxy groups -OCH3 is 1. The second-order valence-corrected chi connectivity index (χ2v) is 7.99. The molecule has 0 fully saturated rings. The van der Waals surface area contributed by atoms with Crippen LogP contribution >= 0.6 is 11.8 Å². The van der Waals surface area contributed by atoms with E-state index in [0.717, 1.165) is 22.6 Å². The molecule has 0 radical (unpaired) electrons. The molecule has 1 aromatic heterocycles. The predicted molar refractivity (Wildman–Crippen MR) is 113 cm³/mol. The number of nitrogens with zero attached hydrogens (tertiary/aromatic N) is 2. The molecular formula is C21H24N4O2S. The van der Waals surface area contributed by atoms with Crippen LogP contribution < -0.4 is 10.1 Å². The fraction of sp³-hybridized carbons (Fsp3) is 0.286. The summed E-state index contributed by atoms with van der Waals surface area (Å²) in [6.07, 6.45) is 0. The van der Waals surface area contributed by atoms with E-state index >= 15 is 0 Å². The highest BCUT2D eigenvalue weighted by Crippen LogP contribution is 2.27. The van der Waals surface area contributed by atoms with Crippen LogP contribution in [0.3, 0.4) is 0 Å². The number of aromatic nitrogens is 3. The first-order valence-corrected chi connectivity index (χ1v) is 9.99. The maximum Gasteiger partial charge on any atom is 0.237 e. The van der Waals surface area contributed by atoms with Crippen molar-refractivity contribution < 1.29 is 9.53 Å². The monoisotopic (exact) mass is 396 g/mol. The Morgan fingerprint density at radius 1 is 1.11 bits per heavy atom. The molecule has 0 aliphatic carbocycles. The normalized spacial score (nSPS) is 12.0. The molecule has 146 valence electrons. The van der Waals surface area contributed by atoms with Gasteiger partial charge in [-0.3, -0.25) is 9.89 Å². The Morgan fingerprint density at radius 3 is 2.50 bits per heavy atom. The number of carbonyl (C=O) groups excluding carboxylic acids is 1. The van der Waals surface area contributed by atoms with Gasteiger partial charge in [0.1, 0.15) is 5.75 Å². The van der Waals surface area contributed by atoms with Crippen LogP contribution in [0.5, 0.6) is 5.75 Å². The number of H-pyrrole nitrogens is 1. The van der Waals surface area contributed by atoms with Crippen LogP contribution in [0.15, 0.2) is 53.7 Å². The van der Waals surface area contributed by atoms with Crippen molar-refractivity contribution in [3.63, 3.8) is 0 Å². The van der Waals surface area contributed by atoms with Crippen molar-refractivity contribution in [2.75, 3.05) is 12.4 Å².